The van der Waals surface area contributed by atoms with Gasteiger partial charge in [-0.2, -0.15) is 4.31 Å². The fourth-order valence-corrected chi connectivity index (χ4v) is 4.26. The Bertz CT molecular complexity index is 935. The van der Waals surface area contributed by atoms with E-state index in [1.165, 1.54) is 22.5 Å². The molecule has 27 heavy (non-hydrogen) atoms. The van der Waals surface area contributed by atoms with Crippen molar-refractivity contribution in [1.29, 1.82) is 0 Å². The first-order valence-electron chi connectivity index (χ1n) is 8.52. The van der Waals surface area contributed by atoms with E-state index in [4.69, 9.17) is 9.47 Å². The molecule has 2 aromatic carbocycles. The zero-order valence-corrected chi connectivity index (χ0v) is 15.7. The number of phenolic OH excluding ortho intramolecular Hbond substituents is 1. The largest absolute Gasteiger partial charge is 0.507 e. The number of nitrogens with zero attached hydrogens (tertiary/aromatic N) is 1. The van der Waals surface area contributed by atoms with E-state index in [2.05, 4.69) is 0 Å². The number of ether oxygens (including phenoxy) is 2. The number of carbonyl (C=O) groups is 1. The molecule has 144 valence electrons. The van der Waals surface area contributed by atoms with Gasteiger partial charge in [0.1, 0.15) is 17.9 Å². The highest BCUT2D eigenvalue weighted by atomic mass is 32.2. The van der Waals surface area contributed by atoms with Crippen molar-refractivity contribution >= 4 is 16.0 Å². The van der Waals surface area contributed by atoms with E-state index in [0.717, 1.165) is 0 Å². The lowest BCUT2D eigenvalue weighted by Gasteiger charge is -2.26. The average molecular weight is 391 g/mol. The minimum Gasteiger partial charge on any atom is -0.507 e. The fraction of sp³-hybridized carbons (Fsp3) is 0.316. The number of esters is 1. The molecule has 0 amide bonds. The lowest BCUT2D eigenvalue weighted by molar-refractivity contribution is 0.0469. The molecule has 1 fully saturated rings. The summed E-state index contributed by atoms with van der Waals surface area (Å²) >= 11 is 0. The minimum atomic E-state index is -3.61. The van der Waals surface area contributed by atoms with Crippen molar-refractivity contribution in [3.05, 3.63) is 59.2 Å². The van der Waals surface area contributed by atoms with Crippen molar-refractivity contribution in [3.8, 4) is 5.75 Å². The van der Waals surface area contributed by atoms with Crippen molar-refractivity contribution in [2.24, 2.45) is 0 Å². The summed E-state index contributed by atoms with van der Waals surface area (Å²) < 4.78 is 37.2. The molecular formula is C19H21NO6S. The van der Waals surface area contributed by atoms with Crippen LogP contribution < -0.4 is 0 Å². The second-order valence-electron chi connectivity index (χ2n) is 6.21. The normalized spacial score (nSPS) is 15.4. The van der Waals surface area contributed by atoms with Crippen LogP contribution in [0.4, 0.5) is 0 Å². The number of carbonyl (C=O) groups excluding carboxylic acids is 1. The quantitative estimate of drug-likeness (QED) is 0.785. The van der Waals surface area contributed by atoms with E-state index in [-0.39, 0.29) is 22.8 Å². The lowest BCUT2D eigenvalue weighted by atomic mass is 10.1. The van der Waals surface area contributed by atoms with E-state index in [0.29, 0.717) is 37.4 Å². The van der Waals surface area contributed by atoms with Gasteiger partial charge < -0.3 is 14.6 Å². The van der Waals surface area contributed by atoms with Crippen molar-refractivity contribution in [1.82, 2.24) is 4.31 Å². The molecule has 1 saturated heterocycles. The van der Waals surface area contributed by atoms with Crippen molar-refractivity contribution in [3.63, 3.8) is 0 Å². The van der Waals surface area contributed by atoms with Gasteiger partial charge in [-0.15, -0.1) is 0 Å². The highest BCUT2D eigenvalue weighted by molar-refractivity contribution is 7.89. The average Bonchev–Trinajstić information content (AvgIpc) is 2.69. The summed E-state index contributed by atoms with van der Waals surface area (Å²) in [5.41, 5.74) is 1.19. The van der Waals surface area contributed by atoms with Gasteiger partial charge in [-0.05, 0) is 36.2 Å². The van der Waals surface area contributed by atoms with Crippen LogP contribution in [0, 0.1) is 6.92 Å². The molecule has 0 aliphatic carbocycles. The standard InChI is InChI=1S/C19H21NO6S/c1-14-4-2-7-17(18(14)21)19(22)26-13-15-5-3-6-16(12-15)27(23,24)20-8-10-25-11-9-20/h2-7,12,21H,8-11,13H2,1H3. The van der Waals surface area contributed by atoms with E-state index in [1.54, 1.807) is 31.2 Å². The predicted octanol–water partition coefficient (Wildman–Crippen LogP) is 2.08. The van der Waals surface area contributed by atoms with Gasteiger partial charge in [0.05, 0.1) is 18.1 Å². The van der Waals surface area contributed by atoms with E-state index in [9.17, 15) is 18.3 Å². The number of phenols is 1. The molecule has 7 nitrogen and oxygen atoms in total. The van der Waals surface area contributed by atoms with Gasteiger partial charge in [0.25, 0.3) is 0 Å². The van der Waals surface area contributed by atoms with Crippen LogP contribution in [0.5, 0.6) is 5.75 Å². The lowest BCUT2D eigenvalue weighted by Crippen LogP contribution is -2.40. The molecule has 0 bridgehead atoms. The van der Waals surface area contributed by atoms with Crippen LogP contribution >= 0.6 is 0 Å². The predicted molar refractivity (Wildman–Crippen MR) is 98.0 cm³/mol. The number of para-hydroxylation sites is 1. The van der Waals surface area contributed by atoms with Crippen LogP contribution in [0.2, 0.25) is 0 Å². The number of benzene rings is 2. The molecule has 1 heterocycles. The van der Waals surface area contributed by atoms with Crippen LogP contribution in [0.3, 0.4) is 0 Å². The van der Waals surface area contributed by atoms with Crippen LogP contribution in [0.25, 0.3) is 0 Å². The molecule has 0 saturated carbocycles. The molecule has 0 radical (unpaired) electrons. The molecule has 0 unspecified atom stereocenters. The van der Waals surface area contributed by atoms with E-state index in [1.807, 2.05) is 0 Å². The summed E-state index contributed by atoms with van der Waals surface area (Å²) in [7, 11) is -3.61. The number of aryl methyl sites for hydroxylation is 1. The number of aromatic hydroxyl groups is 1. The summed E-state index contributed by atoms with van der Waals surface area (Å²) in [5, 5.41) is 9.96. The number of sulfonamides is 1. The number of morpholine rings is 1. The third-order valence-electron chi connectivity index (χ3n) is 4.33. The van der Waals surface area contributed by atoms with Crippen LogP contribution in [0.1, 0.15) is 21.5 Å². The van der Waals surface area contributed by atoms with Crippen molar-refractivity contribution in [2.45, 2.75) is 18.4 Å². The molecule has 0 aromatic heterocycles. The third-order valence-corrected chi connectivity index (χ3v) is 6.23. The zero-order chi connectivity index (χ0) is 19.4. The van der Waals surface area contributed by atoms with Crippen molar-refractivity contribution in [2.75, 3.05) is 26.3 Å². The Kier molecular flexibility index (Phi) is 5.79. The Morgan fingerprint density at radius 1 is 1.19 bits per heavy atom. The Morgan fingerprint density at radius 3 is 2.63 bits per heavy atom. The monoisotopic (exact) mass is 391 g/mol. The van der Waals surface area contributed by atoms with Gasteiger partial charge in [-0.25, -0.2) is 13.2 Å². The second kappa shape index (κ2) is 8.08. The number of hydrogen-bond acceptors (Lipinski definition) is 6. The molecule has 1 N–H and O–H groups in total. The van der Waals surface area contributed by atoms with Gasteiger partial charge >= 0.3 is 5.97 Å². The molecular weight excluding hydrogens is 370 g/mol. The van der Waals surface area contributed by atoms with Gasteiger partial charge in [0.15, 0.2) is 0 Å². The first kappa shape index (κ1) is 19.3. The summed E-state index contributed by atoms with van der Waals surface area (Å²) in [4.78, 5) is 12.3. The third kappa shape index (κ3) is 4.29. The second-order valence-corrected chi connectivity index (χ2v) is 8.15. The number of hydrogen-bond donors (Lipinski definition) is 1. The first-order valence-corrected chi connectivity index (χ1v) is 9.96. The molecule has 8 heteroatoms. The highest BCUT2D eigenvalue weighted by Crippen LogP contribution is 2.23. The van der Waals surface area contributed by atoms with E-state index < -0.39 is 16.0 Å². The Labute approximate surface area is 158 Å². The SMILES string of the molecule is Cc1cccc(C(=O)OCc2cccc(S(=O)(=O)N3CCOCC3)c2)c1O. The Morgan fingerprint density at radius 2 is 1.89 bits per heavy atom. The maximum absolute atomic E-state index is 12.7. The van der Waals surface area contributed by atoms with Gasteiger partial charge in [-0.3, -0.25) is 0 Å². The van der Waals surface area contributed by atoms with Crippen LogP contribution in [-0.4, -0.2) is 50.1 Å². The Balaban J connectivity index is 1.72. The fourth-order valence-electron chi connectivity index (χ4n) is 2.78. The van der Waals surface area contributed by atoms with Gasteiger partial charge in [-0.1, -0.05) is 24.3 Å². The minimum absolute atomic E-state index is 0.0760. The first-order chi connectivity index (χ1) is 12.9. The van der Waals surface area contributed by atoms with Crippen LogP contribution in [-0.2, 0) is 26.1 Å². The summed E-state index contributed by atoms with van der Waals surface area (Å²) in [5.74, 6) is -0.788. The summed E-state index contributed by atoms with van der Waals surface area (Å²) in [6.07, 6.45) is 0. The molecule has 3 rings (SSSR count). The zero-order valence-electron chi connectivity index (χ0n) is 14.9. The summed E-state index contributed by atoms with van der Waals surface area (Å²) in [6.45, 7) is 2.96. The van der Waals surface area contributed by atoms with Crippen LogP contribution in [0.15, 0.2) is 47.4 Å². The maximum atomic E-state index is 12.7. The van der Waals surface area contributed by atoms with E-state index >= 15 is 0 Å². The molecule has 1 aliphatic rings. The maximum Gasteiger partial charge on any atom is 0.342 e. The smallest absolute Gasteiger partial charge is 0.342 e. The van der Waals surface area contributed by atoms with Gasteiger partial charge in [0, 0.05) is 13.1 Å². The highest BCUT2D eigenvalue weighted by Gasteiger charge is 2.26. The summed E-state index contributed by atoms with van der Waals surface area (Å²) in [6, 6.07) is 11.1. The molecule has 1 aliphatic heterocycles. The molecule has 0 atom stereocenters. The van der Waals surface area contributed by atoms with Crippen molar-refractivity contribution < 1.29 is 27.8 Å². The topological polar surface area (TPSA) is 93.1 Å². The molecule has 0 spiro atoms. The molecule has 2 aromatic rings. The Hall–Kier alpha value is -2.42. The number of rotatable bonds is 5. The van der Waals surface area contributed by atoms with Gasteiger partial charge in [0.2, 0.25) is 10.0 Å².